The highest BCUT2D eigenvalue weighted by atomic mass is 16.5. The topological polar surface area (TPSA) is 84.9 Å². The number of nitrogens with one attached hydrogen (secondary N) is 1. The molecular weight excluding hydrogens is 250 g/mol. The Morgan fingerprint density at radius 3 is 2.68 bits per heavy atom. The van der Waals surface area contributed by atoms with E-state index in [0.29, 0.717) is 17.1 Å². The van der Waals surface area contributed by atoms with Crippen molar-refractivity contribution in [2.45, 2.75) is 18.9 Å². The third-order valence-corrected chi connectivity index (χ3v) is 2.69. The molecule has 0 atom stereocenters. The van der Waals surface area contributed by atoms with Gasteiger partial charge in [0.05, 0.1) is 7.11 Å². The highest BCUT2D eigenvalue weighted by Gasteiger charge is 2.24. The molecule has 6 heteroatoms. The van der Waals surface area contributed by atoms with E-state index in [1.54, 1.807) is 6.07 Å². The molecule has 1 aliphatic rings. The van der Waals surface area contributed by atoms with Crippen LogP contribution in [0, 0.1) is 0 Å². The van der Waals surface area contributed by atoms with Gasteiger partial charge in [-0.15, -0.1) is 0 Å². The first-order chi connectivity index (χ1) is 9.10. The maximum absolute atomic E-state index is 11.8. The Morgan fingerprint density at radius 2 is 2.11 bits per heavy atom. The second kappa shape index (κ2) is 5.60. The number of carbonyl (C=O) groups excluding carboxylic acids is 1. The lowest BCUT2D eigenvalue weighted by Gasteiger charge is -2.11. The minimum Gasteiger partial charge on any atom is -0.493 e. The Hall–Kier alpha value is -2.24. The fourth-order valence-corrected chi connectivity index (χ4v) is 1.56. The molecule has 6 nitrogen and oxygen atoms in total. The molecular formula is C13H15NO5. The van der Waals surface area contributed by atoms with Gasteiger partial charge in [-0.1, -0.05) is 0 Å². The van der Waals surface area contributed by atoms with Crippen LogP contribution >= 0.6 is 0 Å². The Bertz CT molecular complexity index is 496. The van der Waals surface area contributed by atoms with Crippen LogP contribution < -0.4 is 14.8 Å². The summed E-state index contributed by atoms with van der Waals surface area (Å²) in [6, 6.07) is 4.93. The van der Waals surface area contributed by atoms with Crippen molar-refractivity contribution in [3.63, 3.8) is 0 Å². The van der Waals surface area contributed by atoms with Gasteiger partial charge in [-0.2, -0.15) is 0 Å². The predicted molar refractivity (Wildman–Crippen MR) is 66.6 cm³/mol. The van der Waals surface area contributed by atoms with Gasteiger partial charge in [0.15, 0.2) is 18.1 Å². The molecule has 19 heavy (non-hydrogen) atoms. The first kappa shape index (κ1) is 13.2. The minimum atomic E-state index is -1.07. The smallest absolute Gasteiger partial charge is 0.341 e. The van der Waals surface area contributed by atoms with Crippen LogP contribution in [0.15, 0.2) is 18.2 Å². The molecule has 1 fully saturated rings. The summed E-state index contributed by atoms with van der Waals surface area (Å²) in [7, 11) is 1.44. The van der Waals surface area contributed by atoms with Crippen LogP contribution in [0.3, 0.4) is 0 Å². The molecule has 2 N–H and O–H groups in total. The van der Waals surface area contributed by atoms with Crippen LogP contribution in [0.4, 0.5) is 0 Å². The molecule has 0 aliphatic heterocycles. The van der Waals surface area contributed by atoms with Gasteiger partial charge in [-0.25, -0.2) is 4.79 Å². The van der Waals surface area contributed by atoms with E-state index in [0.717, 1.165) is 12.8 Å². The lowest BCUT2D eigenvalue weighted by molar-refractivity contribution is -0.139. The number of carbonyl (C=O) groups is 2. The second-order valence-electron chi connectivity index (χ2n) is 4.30. The summed E-state index contributed by atoms with van der Waals surface area (Å²) in [5.74, 6) is -0.597. The van der Waals surface area contributed by atoms with Crippen molar-refractivity contribution >= 4 is 11.9 Å². The van der Waals surface area contributed by atoms with E-state index in [2.05, 4.69) is 5.32 Å². The molecule has 1 amide bonds. The zero-order valence-electron chi connectivity index (χ0n) is 10.5. The van der Waals surface area contributed by atoms with Crippen molar-refractivity contribution < 1.29 is 24.2 Å². The fraction of sp³-hybridized carbons (Fsp3) is 0.385. The predicted octanol–water partition coefficient (Wildman–Crippen LogP) is 1.05. The first-order valence-corrected chi connectivity index (χ1v) is 5.93. The zero-order chi connectivity index (χ0) is 13.8. The van der Waals surface area contributed by atoms with Gasteiger partial charge in [-0.3, -0.25) is 4.79 Å². The fourth-order valence-electron chi connectivity index (χ4n) is 1.56. The molecule has 102 valence electrons. The van der Waals surface area contributed by atoms with E-state index >= 15 is 0 Å². The quantitative estimate of drug-likeness (QED) is 0.803. The molecule has 0 heterocycles. The molecule has 1 aromatic rings. The zero-order valence-corrected chi connectivity index (χ0v) is 10.5. The number of hydrogen-bond donors (Lipinski definition) is 2. The summed E-state index contributed by atoms with van der Waals surface area (Å²) >= 11 is 0. The SMILES string of the molecule is COc1cc(C(=O)NC2CC2)ccc1OCC(=O)O. The second-order valence-corrected chi connectivity index (χ2v) is 4.30. The number of carboxylic acid groups (broad SMARTS) is 1. The lowest BCUT2D eigenvalue weighted by Crippen LogP contribution is -2.25. The molecule has 0 spiro atoms. The van der Waals surface area contributed by atoms with E-state index in [1.165, 1.54) is 19.2 Å². The molecule has 2 rings (SSSR count). The van der Waals surface area contributed by atoms with Crippen LogP contribution in [0.25, 0.3) is 0 Å². The summed E-state index contributed by atoms with van der Waals surface area (Å²) < 4.78 is 10.2. The number of rotatable bonds is 6. The van der Waals surface area contributed by atoms with Gasteiger partial charge in [0.1, 0.15) is 0 Å². The van der Waals surface area contributed by atoms with Crippen molar-refractivity contribution in [1.29, 1.82) is 0 Å². The van der Waals surface area contributed by atoms with Gasteiger partial charge in [-0.05, 0) is 31.0 Å². The van der Waals surface area contributed by atoms with E-state index in [4.69, 9.17) is 14.6 Å². The number of ether oxygens (including phenoxy) is 2. The van der Waals surface area contributed by atoms with Gasteiger partial charge < -0.3 is 19.9 Å². The normalized spacial score (nSPS) is 13.7. The third kappa shape index (κ3) is 3.61. The Kier molecular flexibility index (Phi) is 3.89. The van der Waals surface area contributed by atoms with E-state index in [1.807, 2.05) is 0 Å². The van der Waals surface area contributed by atoms with Crippen molar-refractivity contribution in [1.82, 2.24) is 5.32 Å². The van der Waals surface area contributed by atoms with Crippen LogP contribution in [0.1, 0.15) is 23.2 Å². The van der Waals surface area contributed by atoms with Gasteiger partial charge in [0.2, 0.25) is 0 Å². The highest BCUT2D eigenvalue weighted by molar-refractivity contribution is 5.95. The van der Waals surface area contributed by atoms with Crippen molar-refractivity contribution in [2.75, 3.05) is 13.7 Å². The number of amides is 1. The van der Waals surface area contributed by atoms with Crippen LogP contribution in [-0.2, 0) is 4.79 Å². The van der Waals surface area contributed by atoms with E-state index in [9.17, 15) is 9.59 Å². The summed E-state index contributed by atoms with van der Waals surface area (Å²) in [4.78, 5) is 22.3. The summed E-state index contributed by atoms with van der Waals surface area (Å²) in [5, 5.41) is 11.4. The molecule has 0 bridgehead atoms. The number of carboxylic acids is 1. The largest absolute Gasteiger partial charge is 0.493 e. The van der Waals surface area contributed by atoms with Gasteiger partial charge >= 0.3 is 5.97 Å². The summed E-state index contributed by atoms with van der Waals surface area (Å²) in [6.45, 7) is -0.454. The monoisotopic (exact) mass is 265 g/mol. The van der Waals surface area contributed by atoms with Gasteiger partial charge in [0, 0.05) is 11.6 Å². The molecule has 0 radical (unpaired) electrons. The van der Waals surface area contributed by atoms with Crippen LogP contribution in [-0.4, -0.2) is 36.7 Å². The Morgan fingerprint density at radius 1 is 1.37 bits per heavy atom. The van der Waals surface area contributed by atoms with Gasteiger partial charge in [0.25, 0.3) is 5.91 Å². The highest BCUT2D eigenvalue weighted by Crippen LogP contribution is 2.28. The first-order valence-electron chi connectivity index (χ1n) is 5.93. The number of benzene rings is 1. The van der Waals surface area contributed by atoms with E-state index in [-0.39, 0.29) is 11.9 Å². The molecule has 0 unspecified atom stereocenters. The summed E-state index contributed by atoms with van der Waals surface area (Å²) in [5.41, 5.74) is 0.464. The number of methoxy groups -OCH3 is 1. The molecule has 1 aromatic carbocycles. The number of aliphatic carboxylic acids is 1. The molecule has 0 saturated heterocycles. The maximum atomic E-state index is 11.8. The van der Waals surface area contributed by atoms with Crippen LogP contribution in [0.5, 0.6) is 11.5 Å². The molecule has 1 aliphatic carbocycles. The number of hydrogen-bond acceptors (Lipinski definition) is 4. The lowest BCUT2D eigenvalue weighted by atomic mass is 10.2. The summed E-state index contributed by atoms with van der Waals surface area (Å²) in [6.07, 6.45) is 2.03. The van der Waals surface area contributed by atoms with E-state index < -0.39 is 12.6 Å². The average Bonchev–Trinajstić information content (AvgIpc) is 3.19. The van der Waals surface area contributed by atoms with Crippen molar-refractivity contribution in [3.05, 3.63) is 23.8 Å². The van der Waals surface area contributed by atoms with Crippen LogP contribution in [0.2, 0.25) is 0 Å². The molecule has 0 aromatic heterocycles. The standard InChI is InChI=1S/C13H15NO5/c1-18-11-6-8(13(17)14-9-3-4-9)2-5-10(11)19-7-12(15)16/h2,5-6,9H,3-4,7H2,1H3,(H,14,17)(H,15,16). The maximum Gasteiger partial charge on any atom is 0.341 e. The average molecular weight is 265 g/mol. The minimum absolute atomic E-state index is 0.161. The third-order valence-electron chi connectivity index (χ3n) is 2.69. The Labute approximate surface area is 110 Å². The Balaban J connectivity index is 2.09. The molecule has 1 saturated carbocycles. The van der Waals surface area contributed by atoms with Crippen molar-refractivity contribution in [2.24, 2.45) is 0 Å². The van der Waals surface area contributed by atoms with Crippen molar-refractivity contribution in [3.8, 4) is 11.5 Å².